The highest BCUT2D eigenvalue weighted by Gasteiger charge is 2.51. The molecule has 1 fully saturated rings. The predicted octanol–water partition coefficient (Wildman–Crippen LogP) is 3.68. The summed E-state index contributed by atoms with van der Waals surface area (Å²) in [5.74, 6) is 0.720. The van der Waals surface area contributed by atoms with Crippen molar-refractivity contribution in [1.82, 2.24) is 19.9 Å². The summed E-state index contributed by atoms with van der Waals surface area (Å²) in [6, 6.07) is 11.6. The monoisotopic (exact) mass is 440 g/mol. The van der Waals surface area contributed by atoms with Crippen LogP contribution in [0.3, 0.4) is 0 Å². The van der Waals surface area contributed by atoms with Crippen LogP contribution in [-0.4, -0.2) is 38.3 Å². The number of aromatic nitrogens is 4. The van der Waals surface area contributed by atoms with Crippen molar-refractivity contribution in [3.8, 4) is 11.4 Å². The molecule has 0 atom stereocenters. The minimum Gasteiger partial charge on any atom is -0.399 e. The van der Waals surface area contributed by atoms with Gasteiger partial charge in [0.25, 0.3) is 0 Å². The van der Waals surface area contributed by atoms with E-state index in [0.29, 0.717) is 4.73 Å². The smallest absolute Gasteiger partial charge is 0.399 e. The Bertz CT molecular complexity index is 877. The number of rotatable bonds is 2. The van der Waals surface area contributed by atoms with Gasteiger partial charge in [0.2, 0.25) is 0 Å². The van der Waals surface area contributed by atoms with E-state index in [2.05, 4.69) is 63.6 Å². The second-order valence-corrected chi connectivity index (χ2v) is 8.01. The third-order valence-corrected chi connectivity index (χ3v) is 5.20. The van der Waals surface area contributed by atoms with Crippen molar-refractivity contribution < 1.29 is 9.31 Å². The maximum atomic E-state index is 6.04. The molecule has 0 radical (unpaired) electrons. The number of halogens is 1. The minimum atomic E-state index is -0.333. The van der Waals surface area contributed by atoms with Crippen LogP contribution in [0.2, 0.25) is 0 Å². The van der Waals surface area contributed by atoms with Crippen molar-refractivity contribution in [2.75, 3.05) is 0 Å². The molecule has 0 amide bonds. The van der Waals surface area contributed by atoms with Crippen LogP contribution < -0.4 is 5.46 Å². The predicted molar refractivity (Wildman–Crippen MR) is 113 cm³/mol. The first-order chi connectivity index (χ1) is 13.3. The zero-order valence-corrected chi connectivity index (χ0v) is 17.9. The van der Waals surface area contributed by atoms with E-state index in [0.717, 1.165) is 16.9 Å². The third kappa shape index (κ3) is 4.81. The zero-order chi connectivity index (χ0) is 20.2. The summed E-state index contributed by atoms with van der Waals surface area (Å²) < 4.78 is 12.7. The van der Waals surface area contributed by atoms with Gasteiger partial charge in [-0.2, -0.15) is 0 Å². The molecule has 144 valence electrons. The van der Waals surface area contributed by atoms with Crippen LogP contribution >= 0.6 is 15.9 Å². The van der Waals surface area contributed by atoms with Gasteiger partial charge < -0.3 is 9.31 Å². The number of benzene rings is 1. The summed E-state index contributed by atoms with van der Waals surface area (Å²) in [4.78, 5) is 16.1. The molecule has 0 aliphatic carbocycles. The average molecular weight is 441 g/mol. The first-order valence-electron chi connectivity index (χ1n) is 8.94. The lowest BCUT2D eigenvalue weighted by Gasteiger charge is -2.32. The Labute approximate surface area is 174 Å². The van der Waals surface area contributed by atoms with E-state index < -0.39 is 0 Å². The molecule has 0 spiro atoms. The summed E-state index contributed by atoms with van der Waals surface area (Å²) >= 11 is 3.09. The molecule has 3 heterocycles. The Morgan fingerprint density at radius 3 is 1.64 bits per heavy atom. The second-order valence-electron chi connectivity index (χ2n) is 7.30. The van der Waals surface area contributed by atoms with Gasteiger partial charge in [0.15, 0.2) is 10.6 Å². The van der Waals surface area contributed by atoms with Crippen LogP contribution in [0.5, 0.6) is 0 Å². The lowest BCUT2D eigenvalue weighted by Crippen LogP contribution is -2.41. The van der Waals surface area contributed by atoms with Gasteiger partial charge in [-0.1, -0.05) is 24.3 Å². The van der Waals surface area contributed by atoms with Crippen LogP contribution in [0.15, 0.2) is 65.9 Å². The molecular weight excluding hydrogens is 419 g/mol. The van der Waals surface area contributed by atoms with Crippen molar-refractivity contribution in [3.63, 3.8) is 0 Å². The lowest BCUT2D eigenvalue weighted by molar-refractivity contribution is 0.00578. The highest BCUT2D eigenvalue weighted by Crippen LogP contribution is 2.36. The van der Waals surface area contributed by atoms with E-state index in [9.17, 15) is 0 Å². The first-order valence-corrected chi connectivity index (χ1v) is 9.73. The van der Waals surface area contributed by atoms with Crippen molar-refractivity contribution in [3.05, 3.63) is 65.9 Å². The molecule has 4 rings (SSSR count). The van der Waals surface area contributed by atoms with Gasteiger partial charge in [-0.3, -0.25) is 0 Å². The summed E-state index contributed by atoms with van der Waals surface area (Å²) in [5, 5.41) is 0. The van der Waals surface area contributed by atoms with Crippen LogP contribution in [0.25, 0.3) is 11.4 Å². The van der Waals surface area contributed by atoms with E-state index in [4.69, 9.17) is 9.31 Å². The molecule has 8 heteroatoms. The Morgan fingerprint density at radius 1 is 0.750 bits per heavy atom. The van der Waals surface area contributed by atoms with Gasteiger partial charge in [0.05, 0.1) is 11.2 Å². The largest absolute Gasteiger partial charge is 0.494 e. The lowest BCUT2D eigenvalue weighted by atomic mass is 9.79. The molecule has 1 aliphatic rings. The summed E-state index contributed by atoms with van der Waals surface area (Å²) in [5.41, 5.74) is 1.35. The number of hydrogen-bond acceptors (Lipinski definition) is 6. The van der Waals surface area contributed by atoms with Crippen molar-refractivity contribution in [2.24, 2.45) is 0 Å². The minimum absolute atomic E-state index is 0.321. The van der Waals surface area contributed by atoms with Crippen LogP contribution in [0.4, 0.5) is 0 Å². The van der Waals surface area contributed by atoms with E-state index >= 15 is 0 Å². The van der Waals surface area contributed by atoms with E-state index in [-0.39, 0.29) is 18.3 Å². The van der Waals surface area contributed by atoms with Crippen LogP contribution in [0.1, 0.15) is 27.7 Å². The fourth-order valence-corrected chi connectivity index (χ4v) is 2.73. The molecule has 1 saturated heterocycles. The fourth-order valence-electron chi connectivity index (χ4n) is 2.50. The van der Waals surface area contributed by atoms with Gasteiger partial charge in [0.1, 0.15) is 0 Å². The van der Waals surface area contributed by atoms with Crippen molar-refractivity contribution >= 4 is 28.5 Å². The van der Waals surface area contributed by atoms with Gasteiger partial charge in [-0.05, 0) is 61.2 Å². The van der Waals surface area contributed by atoms with Crippen molar-refractivity contribution in [1.29, 1.82) is 0 Å². The number of hydrogen-bond donors (Lipinski definition) is 0. The molecule has 2 aromatic heterocycles. The summed E-state index contributed by atoms with van der Waals surface area (Å²) in [6.07, 6.45) is 6.84. The molecular formula is C20H22BBrN4O2. The van der Waals surface area contributed by atoms with E-state index in [1.807, 2.05) is 30.3 Å². The standard InChI is InChI=1S/C16H19BN2O2.C4H3BrN2/c1-15(2)16(3,4)21-17(20-15)13-8-6-12(7-9-13)14-18-10-5-11-19-14;5-4-6-2-1-3-7-4/h5-11H,1-4H3;1-3H. The molecule has 0 saturated carbocycles. The van der Waals surface area contributed by atoms with Gasteiger partial charge in [0, 0.05) is 30.4 Å². The molecule has 0 unspecified atom stereocenters. The average Bonchev–Trinajstić information content (AvgIpc) is 2.91. The highest BCUT2D eigenvalue weighted by atomic mass is 79.9. The highest BCUT2D eigenvalue weighted by molar-refractivity contribution is 9.10. The zero-order valence-electron chi connectivity index (χ0n) is 16.3. The fraction of sp³-hybridized carbons (Fsp3) is 0.300. The second kappa shape index (κ2) is 8.47. The van der Waals surface area contributed by atoms with Gasteiger partial charge >= 0.3 is 7.12 Å². The van der Waals surface area contributed by atoms with Crippen molar-refractivity contribution in [2.45, 2.75) is 38.9 Å². The summed E-state index contributed by atoms with van der Waals surface area (Å²) in [7, 11) is -0.333. The first kappa shape index (κ1) is 20.6. The summed E-state index contributed by atoms with van der Waals surface area (Å²) in [6.45, 7) is 8.22. The maximum absolute atomic E-state index is 6.04. The Hall–Kier alpha value is -2.16. The Kier molecular flexibility index (Phi) is 6.22. The maximum Gasteiger partial charge on any atom is 0.494 e. The van der Waals surface area contributed by atoms with Crippen LogP contribution in [0, 0.1) is 0 Å². The molecule has 28 heavy (non-hydrogen) atoms. The van der Waals surface area contributed by atoms with E-state index in [1.54, 1.807) is 30.9 Å². The molecule has 0 N–H and O–H groups in total. The normalized spacial score (nSPS) is 17.0. The molecule has 1 aromatic carbocycles. The number of nitrogens with zero attached hydrogens (tertiary/aromatic N) is 4. The molecule has 1 aliphatic heterocycles. The SMILES string of the molecule is Brc1ncccn1.CC1(C)OB(c2ccc(-c3ncccn3)cc2)OC1(C)C. The third-order valence-electron chi connectivity index (χ3n) is 4.79. The Balaban J connectivity index is 0.000000271. The molecule has 3 aromatic rings. The molecule has 6 nitrogen and oxygen atoms in total. The van der Waals surface area contributed by atoms with Crippen LogP contribution in [-0.2, 0) is 9.31 Å². The van der Waals surface area contributed by atoms with Gasteiger partial charge in [-0.25, -0.2) is 19.9 Å². The quantitative estimate of drug-likeness (QED) is 0.447. The Morgan fingerprint density at radius 2 is 1.21 bits per heavy atom. The van der Waals surface area contributed by atoms with Gasteiger partial charge in [-0.15, -0.1) is 0 Å². The molecule has 0 bridgehead atoms. The van der Waals surface area contributed by atoms with E-state index in [1.165, 1.54) is 0 Å². The topological polar surface area (TPSA) is 70.0 Å².